The van der Waals surface area contributed by atoms with Crippen LogP contribution in [-0.4, -0.2) is 97.5 Å². The van der Waals surface area contributed by atoms with Crippen LogP contribution in [0.1, 0.15) is 142 Å². The van der Waals surface area contributed by atoms with E-state index in [0.717, 1.165) is 116 Å². The standard InChI is InChI=1S/C53H84O12S/c1-3-5-7-9-11-13-15-17-19-21-23-24-25-26-28-30-32-34-36-38-40-42-49(55)63-47(46-62-53-51(57)52(65-66(58,59)60)50(56)48(44-54)64-53)45-61-43-41-39-37-35-33-31-29-27-22-20-18-16-14-12-10-8-6-4-2/h5-8,11-14,17-20,23-24,26-29,32,34,47-48,50-54,56-57H,3-4,9-10,15-16,21-22,25,30-31,33,35-46H2,1-2H3,(H,58,59,60)/b7-5-,8-6-,13-11-,14-12-,19-17-,20-18-,24-23-,28-26-,29-27-,34-32-. The van der Waals surface area contributed by atoms with E-state index in [1.54, 1.807) is 0 Å². The number of rotatable bonds is 40. The number of carbonyl (C=O) groups excluding carboxylic acids is 1. The van der Waals surface area contributed by atoms with Gasteiger partial charge in [0.25, 0.3) is 0 Å². The molecule has 374 valence electrons. The third-order valence-electron chi connectivity index (χ3n) is 10.1. The van der Waals surface area contributed by atoms with Gasteiger partial charge in [0.15, 0.2) is 6.29 Å². The quantitative estimate of drug-likeness (QED) is 0.0198. The number of carbonyl (C=O) groups is 1. The van der Waals surface area contributed by atoms with E-state index in [-0.39, 0.29) is 19.6 Å². The zero-order chi connectivity index (χ0) is 48.2. The molecule has 0 aromatic heterocycles. The number of aliphatic hydroxyl groups is 3. The van der Waals surface area contributed by atoms with Gasteiger partial charge in [-0.3, -0.25) is 9.35 Å². The molecule has 1 heterocycles. The van der Waals surface area contributed by atoms with Gasteiger partial charge < -0.3 is 34.3 Å². The number of unbranched alkanes of at least 4 members (excludes halogenated alkanes) is 7. The van der Waals surface area contributed by atoms with Crippen LogP contribution in [0, 0.1) is 0 Å². The van der Waals surface area contributed by atoms with Crippen molar-refractivity contribution in [3.05, 3.63) is 122 Å². The molecule has 13 heteroatoms. The smallest absolute Gasteiger partial charge is 0.397 e. The fraction of sp³-hybridized carbons (Fsp3) is 0.604. The molecule has 1 fully saturated rings. The van der Waals surface area contributed by atoms with E-state index in [0.29, 0.717) is 13.0 Å². The van der Waals surface area contributed by atoms with E-state index in [1.807, 2.05) is 0 Å². The van der Waals surface area contributed by atoms with Crippen molar-refractivity contribution in [2.75, 3.05) is 26.4 Å². The highest BCUT2D eigenvalue weighted by atomic mass is 32.3. The van der Waals surface area contributed by atoms with Crippen LogP contribution in [0.4, 0.5) is 0 Å². The number of hydrogen-bond donors (Lipinski definition) is 4. The Morgan fingerprint density at radius 3 is 1.45 bits per heavy atom. The molecule has 6 atom stereocenters. The normalized spacial score (nSPS) is 20.6. The molecule has 66 heavy (non-hydrogen) atoms. The molecule has 0 radical (unpaired) electrons. The molecular formula is C53H84O12S. The van der Waals surface area contributed by atoms with Gasteiger partial charge in [0, 0.05) is 13.0 Å². The van der Waals surface area contributed by atoms with Crippen LogP contribution in [0.15, 0.2) is 122 Å². The second kappa shape index (κ2) is 42.8. The summed E-state index contributed by atoms with van der Waals surface area (Å²) in [6, 6.07) is 0. The third kappa shape index (κ3) is 35.7. The lowest BCUT2D eigenvalue weighted by atomic mass is 9.99. The van der Waals surface area contributed by atoms with Gasteiger partial charge in [-0.1, -0.05) is 155 Å². The molecular weight excluding hydrogens is 861 g/mol. The largest absolute Gasteiger partial charge is 0.457 e. The van der Waals surface area contributed by atoms with Crippen molar-refractivity contribution in [2.24, 2.45) is 0 Å². The van der Waals surface area contributed by atoms with Crippen molar-refractivity contribution < 1.29 is 56.2 Å². The van der Waals surface area contributed by atoms with Crippen molar-refractivity contribution in [1.82, 2.24) is 0 Å². The van der Waals surface area contributed by atoms with Crippen LogP contribution in [-0.2, 0) is 38.3 Å². The van der Waals surface area contributed by atoms with Gasteiger partial charge in [0.2, 0.25) is 0 Å². The number of ether oxygens (including phenoxy) is 4. The zero-order valence-corrected chi connectivity index (χ0v) is 40.8. The second-order valence-electron chi connectivity index (χ2n) is 15.9. The van der Waals surface area contributed by atoms with Crippen LogP contribution in [0.5, 0.6) is 0 Å². The topological polar surface area (TPSA) is 178 Å². The molecule has 0 aromatic rings. The minimum atomic E-state index is -5.08. The summed E-state index contributed by atoms with van der Waals surface area (Å²) in [6.45, 7) is 3.63. The minimum absolute atomic E-state index is 0.00404. The summed E-state index contributed by atoms with van der Waals surface area (Å²) in [5, 5.41) is 30.7. The Morgan fingerprint density at radius 1 is 0.576 bits per heavy atom. The lowest BCUT2D eigenvalue weighted by Gasteiger charge is -2.41. The Morgan fingerprint density at radius 2 is 1.00 bits per heavy atom. The molecule has 1 aliphatic heterocycles. The predicted molar refractivity (Wildman–Crippen MR) is 266 cm³/mol. The van der Waals surface area contributed by atoms with E-state index in [4.69, 9.17) is 18.9 Å². The van der Waals surface area contributed by atoms with Crippen molar-refractivity contribution in [3.63, 3.8) is 0 Å². The number of aliphatic hydroxyl groups excluding tert-OH is 3. The van der Waals surface area contributed by atoms with Gasteiger partial charge in [0.1, 0.15) is 30.5 Å². The first-order chi connectivity index (χ1) is 32.1. The summed E-state index contributed by atoms with van der Waals surface area (Å²) in [6.07, 6.45) is 52.3. The molecule has 12 nitrogen and oxygen atoms in total. The summed E-state index contributed by atoms with van der Waals surface area (Å²) < 4.78 is 59.1. The van der Waals surface area contributed by atoms with Crippen molar-refractivity contribution in [1.29, 1.82) is 0 Å². The maximum Gasteiger partial charge on any atom is 0.397 e. The van der Waals surface area contributed by atoms with E-state index in [9.17, 15) is 33.1 Å². The molecule has 1 saturated heterocycles. The minimum Gasteiger partial charge on any atom is -0.457 e. The summed E-state index contributed by atoms with van der Waals surface area (Å²) in [7, 11) is -5.08. The van der Waals surface area contributed by atoms with Crippen LogP contribution in [0.3, 0.4) is 0 Å². The number of allylic oxidation sites excluding steroid dienone is 20. The maximum absolute atomic E-state index is 12.9. The molecule has 1 aliphatic rings. The predicted octanol–water partition coefficient (Wildman–Crippen LogP) is 11.0. The molecule has 0 saturated carbocycles. The highest BCUT2D eigenvalue weighted by Crippen LogP contribution is 2.26. The van der Waals surface area contributed by atoms with Crippen LogP contribution in [0.2, 0.25) is 0 Å². The maximum atomic E-state index is 12.9. The second-order valence-corrected chi connectivity index (χ2v) is 17.0. The van der Waals surface area contributed by atoms with Crippen molar-refractivity contribution >= 4 is 16.4 Å². The summed E-state index contributed by atoms with van der Waals surface area (Å²) in [4.78, 5) is 12.9. The fourth-order valence-corrected chi connectivity index (χ4v) is 7.00. The Balaban J connectivity index is 2.47. The number of esters is 1. The first-order valence-corrected chi connectivity index (χ1v) is 25.7. The van der Waals surface area contributed by atoms with Crippen LogP contribution < -0.4 is 0 Å². The van der Waals surface area contributed by atoms with E-state index < -0.39 is 59.8 Å². The van der Waals surface area contributed by atoms with Gasteiger partial charge in [-0.05, 0) is 103 Å². The Bertz CT molecular complexity index is 1610. The molecule has 0 aromatic carbocycles. The highest BCUT2D eigenvalue weighted by molar-refractivity contribution is 7.80. The van der Waals surface area contributed by atoms with Gasteiger partial charge >= 0.3 is 16.4 Å². The molecule has 0 bridgehead atoms. The summed E-state index contributed by atoms with van der Waals surface area (Å²) >= 11 is 0. The zero-order valence-electron chi connectivity index (χ0n) is 39.9. The molecule has 0 amide bonds. The monoisotopic (exact) mass is 945 g/mol. The van der Waals surface area contributed by atoms with Crippen molar-refractivity contribution in [2.45, 2.75) is 179 Å². The Hall–Kier alpha value is -3.50. The van der Waals surface area contributed by atoms with Crippen molar-refractivity contribution in [3.8, 4) is 0 Å². The highest BCUT2D eigenvalue weighted by Gasteiger charge is 2.48. The van der Waals surface area contributed by atoms with E-state index in [1.165, 1.54) is 0 Å². The van der Waals surface area contributed by atoms with Gasteiger partial charge in [0.05, 0.1) is 19.8 Å². The van der Waals surface area contributed by atoms with Gasteiger partial charge in [-0.2, -0.15) is 8.42 Å². The molecule has 0 spiro atoms. The average Bonchev–Trinajstić information content (AvgIpc) is 3.29. The van der Waals surface area contributed by atoms with Crippen LogP contribution in [0.25, 0.3) is 0 Å². The van der Waals surface area contributed by atoms with Gasteiger partial charge in [-0.15, -0.1) is 0 Å². The number of hydrogen-bond acceptors (Lipinski definition) is 11. The van der Waals surface area contributed by atoms with E-state index >= 15 is 0 Å². The Kier molecular flexibility index (Phi) is 39.3. The molecule has 6 unspecified atom stereocenters. The van der Waals surface area contributed by atoms with E-state index in [2.05, 4.69) is 140 Å². The van der Waals surface area contributed by atoms with Gasteiger partial charge in [-0.25, -0.2) is 4.18 Å². The molecule has 1 rings (SSSR count). The first-order valence-electron chi connectivity index (χ1n) is 24.3. The molecule has 0 aliphatic carbocycles. The lowest BCUT2D eigenvalue weighted by Crippen LogP contribution is -2.60. The summed E-state index contributed by atoms with van der Waals surface area (Å²) in [5.41, 5.74) is 0. The summed E-state index contributed by atoms with van der Waals surface area (Å²) in [5.74, 6) is -0.454. The van der Waals surface area contributed by atoms with Crippen LogP contribution >= 0.6 is 0 Å². The molecule has 4 N–H and O–H groups in total. The Labute approximate surface area is 398 Å². The SMILES string of the molecule is CC/C=C\C/C=C\C/C=C\C/C=C\C/C=C\C/C=C\CCCCC(=O)OC(COCCCCCCC/C=C\C/C=C\C/C=C\C/C=C\CC)COC1OC(CO)C(O)C(OS(=O)(=O)O)C1O. The fourth-order valence-electron chi connectivity index (χ4n) is 6.49. The average molecular weight is 945 g/mol. The lowest BCUT2D eigenvalue weighted by molar-refractivity contribution is -0.301. The third-order valence-corrected chi connectivity index (χ3v) is 10.5. The first kappa shape index (κ1) is 60.5.